The number of thiazole rings is 1. The molecule has 0 aliphatic heterocycles. The number of hydrogen-bond donors (Lipinski definition) is 1. The molecule has 132 valence electrons. The number of pyridine rings is 1. The Bertz CT molecular complexity index is 1240. The van der Waals surface area contributed by atoms with Crippen molar-refractivity contribution in [3.63, 3.8) is 0 Å². The maximum atomic E-state index is 12.5. The van der Waals surface area contributed by atoms with Gasteiger partial charge in [-0.15, -0.1) is 32.9 Å². The van der Waals surface area contributed by atoms with Crippen LogP contribution < -0.4 is 5.32 Å². The van der Waals surface area contributed by atoms with Crippen molar-refractivity contribution in [2.24, 2.45) is 0 Å². The largest absolute Gasteiger partial charge is 0.344 e. The zero-order chi connectivity index (χ0) is 18.2. The van der Waals surface area contributed by atoms with E-state index in [1.165, 1.54) is 11.3 Å². The number of thiophene rings is 1. The highest BCUT2D eigenvalue weighted by molar-refractivity contribution is 7.26. The van der Waals surface area contributed by atoms with Gasteiger partial charge in [0.2, 0.25) is 0 Å². The summed E-state index contributed by atoms with van der Waals surface area (Å²) in [5.41, 5.74) is 1.74. The van der Waals surface area contributed by atoms with Gasteiger partial charge in [-0.25, -0.2) is 4.98 Å². The number of amides is 1. The minimum Gasteiger partial charge on any atom is -0.344 e. The summed E-state index contributed by atoms with van der Waals surface area (Å²) in [6.45, 7) is 0.318. The number of carbonyl (C=O) groups excluding carboxylic acids is 1. The number of benzene rings is 1. The second-order valence-electron chi connectivity index (χ2n) is 5.88. The summed E-state index contributed by atoms with van der Waals surface area (Å²) >= 11 is 3.08. The van der Waals surface area contributed by atoms with Crippen LogP contribution in [0.2, 0.25) is 0 Å². The Morgan fingerprint density at radius 1 is 1.00 bits per heavy atom. The van der Waals surface area contributed by atoms with Crippen molar-refractivity contribution in [3.05, 3.63) is 71.5 Å². The molecule has 0 saturated heterocycles. The lowest BCUT2D eigenvalue weighted by molar-refractivity contribution is 0.0954. The molecule has 6 nitrogen and oxygen atoms in total. The molecule has 1 amide bonds. The first-order chi connectivity index (χ1) is 13.3. The van der Waals surface area contributed by atoms with Crippen LogP contribution in [0.25, 0.3) is 25.7 Å². The molecular formula is C19H13N5OS2. The van der Waals surface area contributed by atoms with Crippen molar-refractivity contribution >= 4 is 44.4 Å². The number of aromatic nitrogens is 4. The fourth-order valence-electron chi connectivity index (χ4n) is 2.81. The molecule has 8 heteroatoms. The van der Waals surface area contributed by atoms with Crippen molar-refractivity contribution in [1.82, 2.24) is 24.9 Å². The van der Waals surface area contributed by atoms with Gasteiger partial charge in [0, 0.05) is 6.20 Å². The third-order valence-electron chi connectivity index (χ3n) is 4.13. The molecule has 0 atom stereocenters. The third-order valence-corrected chi connectivity index (χ3v) is 6.42. The zero-order valence-corrected chi connectivity index (χ0v) is 15.6. The number of carbonyl (C=O) groups is 1. The number of nitrogens with zero attached hydrogens (tertiary/aromatic N) is 4. The van der Waals surface area contributed by atoms with Gasteiger partial charge in [0.1, 0.15) is 5.01 Å². The van der Waals surface area contributed by atoms with Gasteiger partial charge in [-0.2, -0.15) is 0 Å². The van der Waals surface area contributed by atoms with E-state index in [1.807, 2.05) is 59.1 Å². The van der Waals surface area contributed by atoms with E-state index in [4.69, 9.17) is 0 Å². The summed E-state index contributed by atoms with van der Waals surface area (Å²) in [5.74, 6) is 0.571. The highest BCUT2D eigenvalue weighted by atomic mass is 32.1. The predicted octanol–water partition coefficient (Wildman–Crippen LogP) is 4.00. The van der Waals surface area contributed by atoms with Crippen molar-refractivity contribution in [2.75, 3.05) is 0 Å². The van der Waals surface area contributed by atoms with E-state index in [0.717, 1.165) is 25.7 Å². The fraction of sp³-hybridized carbons (Fsp3) is 0.0526. The van der Waals surface area contributed by atoms with Gasteiger partial charge in [0.15, 0.2) is 11.5 Å². The normalized spacial score (nSPS) is 11.3. The van der Waals surface area contributed by atoms with Crippen molar-refractivity contribution < 1.29 is 4.79 Å². The highest BCUT2D eigenvalue weighted by Crippen LogP contribution is 2.34. The Morgan fingerprint density at radius 3 is 2.81 bits per heavy atom. The van der Waals surface area contributed by atoms with Gasteiger partial charge < -0.3 is 5.32 Å². The number of hydrogen-bond acceptors (Lipinski definition) is 6. The van der Waals surface area contributed by atoms with Crippen LogP contribution in [0, 0.1) is 0 Å². The number of para-hydroxylation sites is 1. The maximum absolute atomic E-state index is 12.5. The molecule has 5 aromatic rings. The molecule has 0 aliphatic rings. The average Bonchev–Trinajstić information content (AvgIpc) is 3.43. The Morgan fingerprint density at radius 2 is 1.89 bits per heavy atom. The van der Waals surface area contributed by atoms with E-state index in [0.29, 0.717) is 17.2 Å². The van der Waals surface area contributed by atoms with Gasteiger partial charge in [0.25, 0.3) is 5.91 Å². The molecule has 0 spiro atoms. The van der Waals surface area contributed by atoms with E-state index >= 15 is 0 Å². The Kier molecular flexibility index (Phi) is 3.92. The van der Waals surface area contributed by atoms with Crippen LogP contribution in [-0.4, -0.2) is 25.5 Å². The minimum atomic E-state index is -0.125. The molecule has 0 fully saturated rings. The van der Waals surface area contributed by atoms with Crippen LogP contribution in [0.3, 0.4) is 0 Å². The molecule has 1 N–H and O–H groups in total. The minimum absolute atomic E-state index is 0.125. The Hall–Kier alpha value is -3.10. The van der Waals surface area contributed by atoms with Gasteiger partial charge in [-0.1, -0.05) is 18.2 Å². The number of fused-ring (bicyclic) bond motifs is 2. The van der Waals surface area contributed by atoms with E-state index in [2.05, 4.69) is 26.6 Å². The lowest BCUT2D eigenvalue weighted by atomic mass is 10.3. The van der Waals surface area contributed by atoms with Gasteiger partial charge in [0.05, 0.1) is 26.5 Å². The first-order valence-electron chi connectivity index (χ1n) is 8.30. The van der Waals surface area contributed by atoms with E-state index < -0.39 is 0 Å². The van der Waals surface area contributed by atoms with E-state index in [-0.39, 0.29) is 5.91 Å². The molecular weight excluding hydrogens is 378 g/mol. The fourth-order valence-corrected chi connectivity index (χ4v) is 4.75. The summed E-state index contributed by atoms with van der Waals surface area (Å²) in [5, 5.41) is 12.1. The maximum Gasteiger partial charge on any atom is 0.261 e. The van der Waals surface area contributed by atoms with Crippen LogP contribution >= 0.6 is 22.7 Å². The summed E-state index contributed by atoms with van der Waals surface area (Å²) < 4.78 is 3.01. The first kappa shape index (κ1) is 16.1. The molecule has 0 bridgehead atoms. The molecule has 4 aromatic heterocycles. The molecule has 27 heavy (non-hydrogen) atoms. The van der Waals surface area contributed by atoms with Crippen molar-refractivity contribution in [1.29, 1.82) is 0 Å². The smallest absolute Gasteiger partial charge is 0.261 e. The molecule has 5 rings (SSSR count). The highest BCUT2D eigenvalue weighted by Gasteiger charge is 2.14. The summed E-state index contributed by atoms with van der Waals surface area (Å²) in [6, 6.07) is 17.5. The molecule has 4 heterocycles. The van der Waals surface area contributed by atoms with Gasteiger partial charge in [-0.05, 0) is 36.4 Å². The SMILES string of the molecule is O=C(NCc1nnc2ccccn12)c1ccc(-c2nc3ccccc3s2)s1. The second-order valence-corrected chi connectivity index (χ2v) is 7.99. The molecule has 0 unspecified atom stereocenters. The first-order valence-corrected chi connectivity index (χ1v) is 9.94. The second kappa shape index (κ2) is 6.57. The van der Waals surface area contributed by atoms with Crippen LogP contribution in [0.1, 0.15) is 15.5 Å². The van der Waals surface area contributed by atoms with E-state index in [1.54, 1.807) is 11.3 Å². The molecule has 1 aromatic carbocycles. The number of nitrogens with one attached hydrogen (secondary N) is 1. The monoisotopic (exact) mass is 391 g/mol. The molecule has 0 aliphatic carbocycles. The summed E-state index contributed by atoms with van der Waals surface area (Å²) in [6.07, 6.45) is 1.88. The van der Waals surface area contributed by atoms with Gasteiger partial charge in [-0.3, -0.25) is 9.20 Å². The quantitative estimate of drug-likeness (QED) is 0.503. The van der Waals surface area contributed by atoms with Crippen LogP contribution in [0.4, 0.5) is 0 Å². The van der Waals surface area contributed by atoms with E-state index in [9.17, 15) is 4.79 Å². The lowest BCUT2D eigenvalue weighted by Gasteiger charge is -2.02. The predicted molar refractivity (Wildman–Crippen MR) is 107 cm³/mol. The standard InChI is InChI=1S/C19H13N5OS2/c25-18(20-11-17-23-22-16-7-3-4-10-24(16)17)14-8-9-15(26-14)19-21-12-5-1-2-6-13(12)27-19/h1-10H,11H2,(H,20,25). The lowest BCUT2D eigenvalue weighted by Crippen LogP contribution is -2.23. The van der Waals surface area contributed by atoms with Crippen LogP contribution in [0.5, 0.6) is 0 Å². The third kappa shape index (κ3) is 2.98. The molecule has 0 saturated carbocycles. The topological polar surface area (TPSA) is 72.2 Å². The van der Waals surface area contributed by atoms with Crippen molar-refractivity contribution in [3.8, 4) is 9.88 Å². The molecule has 0 radical (unpaired) electrons. The number of rotatable bonds is 4. The van der Waals surface area contributed by atoms with Crippen molar-refractivity contribution in [2.45, 2.75) is 6.54 Å². The summed E-state index contributed by atoms with van der Waals surface area (Å²) in [4.78, 5) is 18.8. The zero-order valence-electron chi connectivity index (χ0n) is 14.0. The summed E-state index contributed by atoms with van der Waals surface area (Å²) in [7, 11) is 0. The average molecular weight is 391 g/mol. The Labute approximate surface area is 162 Å². The Balaban J connectivity index is 1.34. The van der Waals surface area contributed by atoms with Crippen LogP contribution in [0.15, 0.2) is 60.8 Å². The van der Waals surface area contributed by atoms with Crippen LogP contribution in [-0.2, 0) is 6.54 Å². The van der Waals surface area contributed by atoms with Gasteiger partial charge >= 0.3 is 0 Å².